The number of carbonyl (C=O) groups is 2. The number of carbonyl (C=O) groups excluding carboxylic acids is 2. The Balaban J connectivity index is 2.06. The number of anilines is 1. The topological polar surface area (TPSA) is 58.2 Å². The maximum absolute atomic E-state index is 12.4. The smallest absolute Gasteiger partial charge is 0.255 e. The van der Waals surface area contributed by atoms with E-state index in [-0.39, 0.29) is 11.8 Å². The number of amides is 2. The Labute approximate surface area is 143 Å². The predicted octanol–water partition coefficient (Wildman–Crippen LogP) is 3.94. The maximum atomic E-state index is 12.4. The van der Waals surface area contributed by atoms with Crippen LogP contribution in [0.2, 0.25) is 0 Å². The molecule has 0 spiro atoms. The monoisotopic (exact) mass is 324 g/mol. The summed E-state index contributed by atoms with van der Waals surface area (Å²) in [5.41, 5.74) is 4.06. The van der Waals surface area contributed by atoms with E-state index in [1.165, 1.54) is 0 Å². The molecule has 2 aromatic carbocycles. The fourth-order valence-electron chi connectivity index (χ4n) is 2.25. The van der Waals surface area contributed by atoms with Gasteiger partial charge in [-0.2, -0.15) is 0 Å². The van der Waals surface area contributed by atoms with Crippen LogP contribution in [0.1, 0.15) is 45.7 Å². The number of nitrogens with one attached hydrogen (secondary N) is 2. The van der Waals surface area contributed by atoms with E-state index in [0.29, 0.717) is 23.6 Å². The van der Waals surface area contributed by atoms with E-state index in [1.54, 1.807) is 24.3 Å². The molecule has 0 aliphatic rings. The van der Waals surface area contributed by atoms with Crippen LogP contribution in [-0.2, 0) is 0 Å². The molecule has 24 heavy (non-hydrogen) atoms. The molecule has 0 unspecified atom stereocenters. The van der Waals surface area contributed by atoms with Crippen LogP contribution < -0.4 is 10.6 Å². The van der Waals surface area contributed by atoms with Crippen LogP contribution in [0, 0.1) is 19.8 Å². The van der Waals surface area contributed by atoms with Crippen molar-refractivity contribution < 1.29 is 9.59 Å². The van der Waals surface area contributed by atoms with Crippen molar-refractivity contribution in [3.63, 3.8) is 0 Å². The molecule has 0 aliphatic carbocycles. The highest BCUT2D eigenvalue weighted by Crippen LogP contribution is 2.19. The maximum Gasteiger partial charge on any atom is 0.255 e. The van der Waals surface area contributed by atoms with Gasteiger partial charge in [0.05, 0.1) is 0 Å². The average Bonchev–Trinajstić information content (AvgIpc) is 2.57. The molecule has 0 saturated carbocycles. The van der Waals surface area contributed by atoms with Gasteiger partial charge in [0.15, 0.2) is 0 Å². The number of hydrogen-bond acceptors (Lipinski definition) is 2. The summed E-state index contributed by atoms with van der Waals surface area (Å²) < 4.78 is 0. The van der Waals surface area contributed by atoms with Gasteiger partial charge >= 0.3 is 0 Å². The first-order valence-corrected chi connectivity index (χ1v) is 8.14. The summed E-state index contributed by atoms with van der Waals surface area (Å²) in [5.74, 6) is 0.0968. The SMILES string of the molecule is Cc1cccc(NC(=O)c2ccc(C(=O)NCC(C)C)cc2)c1C. The molecule has 0 aliphatic heterocycles. The molecule has 4 nitrogen and oxygen atoms in total. The molecule has 0 aromatic heterocycles. The zero-order valence-electron chi connectivity index (χ0n) is 14.6. The van der Waals surface area contributed by atoms with Gasteiger partial charge in [0.25, 0.3) is 11.8 Å². The van der Waals surface area contributed by atoms with Crippen molar-refractivity contribution in [1.82, 2.24) is 5.32 Å². The van der Waals surface area contributed by atoms with Gasteiger partial charge in [0.2, 0.25) is 0 Å². The Bertz CT molecular complexity index is 734. The minimum Gasteiger partial charge on any atom is -0.352 e. The third kappa shape index (κ3) is 4.44. The van der Waals surface area contributed by atoms with Crippen molar-refractivity contribution in [3.8, 4) is 0 Å². The van der Waals surface area contributed by atoms with E-state index in [1.807, 2.05) is 45.9 Å². The first-order valence-electron chi connectivity index (χ1n) is 8.14. The Hall–Kier alpha value is -2.62. The quantitative estimate of drug-likeness (QED) is 0.875. The van der Waals surface area contributed by atoms with Crippen molar-refractivity contribution in [2.75, 3.05) is 11.9 Å². The summed E-state index contributed by atoms with van der Waals surface area (Å²) in [4.78, 5) is 24.4. The van der Waals surface area contributed by atoms with Crippen molar-refractivity contribution >= 4 is 17.5 Å². The third-order valence-corrected chi connectivity index (χ3v) is 3.93. The molecule has 4 heteroatoms. The lowest BCUT2D eigenvalue weighted by molar-refractivity contribution is 0.0947. The Kier molecular flexibility index (Phi) is 5.74. The fourth-order valence-corrected chi connectivity index (χ4v) is 2.25. The van der Waals surface area contributed by atoms with Gasteiger partial charge in [-0.25, -0.2) is 0 Å². The lowest BCUT2D eigenvalue weighted by Crippen LogP contribution is -2.27. The number of hydrogen-bond donors (Lipinski definition) is 2. The largest absolute Gasteiger partial charge is 0.352 e. The van der Waals surface area contributed by atoms with E-state index in [9.17, 15) is 9.59 Å². The minimum absolute atomic E-state index is 0.120. The predicted molar refractivity (Wildman–Crippen MR) is 97.5 cm³/mol. The van der Waals surface area contributed by atoms with E-state index in [2.05, 4.69) is 10.6 Å². The van der Waals surface area contributed by atoms with Gasteiger partial charge in [-0.15, -0.1) is 0 Å². The summed E-state index contributed by atoms with van der Waals surface area (Å²) in [6, 6.07) is 12.5. The second-order valence-electron chi connectivity index (χ2n) is 6.38. The second kappa shape index (κ2) is 7.77. The van der Waals surface area contributed by atoms with E-state index >= 15 is 0 Å². The van der Waals surface area contributed by atoms with Crippen LogP contribution in [0.5, 0.6) is 0 Å². The zero-order valence-corrected chi connectivity index (χ0v) is 14.6. The van der Waals surface area contributed by atoms with Crippen molar-refractivity contribution in [2.24, 2.45) is 5.92 Å². The molecule has 0 fully saturated rings. The van der Waals surface area contributed by atoms with Gasteiger partial charge < -0.3 is 10.6 Å². The number of benzene rings is 2. The second-order valence-corrected chi connectivity index (χ2v) is 6.38. The van der Waals surface area contributed by atoms with Crippen LogP contribution in [0.3, 0.4) is 0 Å². The van der Waals surface area contributed by atoms with Crippen LogP contribution in [0.25, 0.3) is 0 Å². The normalized spacial score (nSPS) is 10.5. The number of rotatable bonds is 5. The summed E-state index contributed by atoms with van der Waals surface area (Å²) >= 11 is 0. The highest BCUT2D eigenvalue weighted by molar-refractivity contribution is 6.05. The lowest BCUT2D eigenvalue weighted by Gasteiger charge is -2.11. The molecule has 0 bridgehead atoms. The van der Waals surface area contributed by atoms with Gasteiger partial charge in [-0.1, -0.05) is 26.0 Å². The highest BCUT2D eigenvalue weighted by Gasteiger charge is 2.11. The summed E-state index contributed by atoms with van der Waals surface area (Å²) in [6.45, 7) is 8.71. The number of aryl methyl sites for hydroxylation is 1. The van der Waals surface area contributed by atoms with Gasteiger partial charge in [0, 0.05) is 23.4 Å². The molecule has 2 aromatic rings. The van der Waals surface area contributed by atoms with Gasteiger partial charge in [-0.05, 0) is 61.2 Å². The summed E-state index contributed by atoms with van der Waals surface area (Å²) in [6.07, 6.45) is 0. The fraction of sp³-hybridized carbons (Fsp3) is 0.300. The first kappa shape index (κ1) is 17.7. The van der Waals surface area contributed by atoms with E-state index in [0.717, 1.165) is 16.8 Å². The van der Waals surface area contributed by atoms with Crippen molar-refractivity contribution in [2.45, 2.75) is 27.7 Å². The standard InChI is InChI=1S/C20H24N2O2/c1-13(2)12-21-19(23)16-8-10-17(11-9-16)20(24)22-18-7-5-6-14(3)15(18)4/h5-11,13H,12H2,1-4H3,(H,21,23)(H,22,24). The van der Waals surface area contributed by atoms with Crippen molar-refractivity contribution in [3.05, 3.63) is 64.7 Å². The molecule has 0 radical (unpaired) electrons. The highest BCUT2D eigenvalue weighted by atomic mass is 16.2. The molecule has 126 valence electrons. The molecule has 2 amide bonds. The molecule has 2 rings (SSSR count). The summed E-state index contributed by atoms with van der Waals surface area (Å²) in [5, 5.41) is 5.78. The van der Waals surface area contributed by atoms with E-state index in [4.69, 9.17) is 0 Å². The average molecular weight is 324 g/mol. The molecule has 0 saturated heterocycles. The lowest BCUT2D eigenvalue weighted by atomic mass is 10.1. The van der Waals surface area contributed by atoms with Crippen LogP contribution in [-0.4, -0.2) is 18.4 Å². The van der Waals surface area contributed by atoms with Gasteiger partial charge in [0.1, 0.15) is 0 Å². The first-order chi connectivity index (χ1) is 11.4. The van der Waals surface area contributed by atoms with Crippen LogP contribution >= 0.6 is 0 Å². The summed E-state index contributed by atoms with van der Waals surface area (Å²) in [7, 11) is 0. The van der Waals surface area contributed by atoms with Crippen LogP contribution in [0.4, 0.5) is 5.69 Å². The van der Waals surface area contributed by atoms with Crippen molar-refractivity contribution in [1.29, 1.82) is 0 Å². The third-order valence-electron chi connectivity index (χ3n) is 3.93. The van der Waals surface area contributed by atoms with E-state index < -0.39 is 0 Å². The molecular weight excluding hydrogens is 300 g/mol. The zero-order chi connectivity index (χ0) is 17.7. The van der Waals surface area contributed by atoms with Crippen LogP contribution in [0.15, 0.2) is 42.5 Å². The minimum atomic E-state index is -0.183. The molecule has 0 heterocycles. The Morgan fingerprint density at radius 3 is 2.08 bits per heavy atom. The molecular formula is C20H24N2O2. The Morgan fingerprint density at radius 2 is 1.50 bits per heavy atom. The molecule has 2 N–H and O–H groups in total. The molecule has 0 atom stereocenters. The van der Waals surface area contributed by atoms with Gasteiger partial charge in [-0.3, -0.25) is 9.59 Å². The Morgan fingerprint density at radius 1 is 0.917 bits per heavy atom.